The van der Waals surface area contributed by atoms with Crippen LogP contribution >= 0.6 is 0 Å². The molecule has 1 heterocycles. The summed E-state index contributed by atoms with van der Waals surface area (Å²) in [5.74, 6) is 2.35. The zero-order chi connectivity index (χ0) is 23.6. The molecule has 0 radical (unpaired) electrons. The lowest BCUT2D eigenvalue weighted by molar-refractivity contribution is 0.306. The van der Waals surface area contributed by atoms with Crippen LogP contribution in [0.15, 0.2) is 95.7 Å². The predicted molar refractivity (Wildman–Crippen MR) is 136 cm³/mol. The zero-order valence-corrected chi connectivity index (χ0v) is 20.2. The highest BCUT2D eigenvalue weighted by molar-refractivity contribution is 5.85. The number of furan rings is 1. The van der Waals surface area contributed by atoms with Crippen LogP contribution < -0.4 is 4.74 Å². The van der Waals surface area contributed by atoms with E-state index in [2.05, 4.69) is 13.2 Å². The number of hydrogen-bond donors (Lipinski definition) is 0. The Bertz CT molecular complexity index is 921. The topological polar surface area (TPSA) is 31.6 Å². The van der Waals surface area contributed by atoms with Crippen molar-refractivity contribution in [3.63, 3.8) is 0 Å². The van der Waals surface area contributed by atoms with E-state index in [9.17, 15) is 0 Å². The molecule has 168 valence electrons. The van der Waals surface area contributed by atoms with Gasteiger partial charge in [-0.2, -0.15) is 0 Å². The van der Waals surface area contributed by atoms with Gasteiger partial charge in [0.2, 0.25) is 0 Å². The van der Waals surface area contributed by atoms with Crippen molar-refractivity contribution in [1.29, 1.82) is 0 Å². The Hall–Kier alpha value is -3.20. The number of hydrogen-bond acceptors (Lipinski definition) is 3. The van der Waals surface area contributed by atoms with Gasteiger partial charge in [0.15, 0.2) is 0 Å². The smallest absolute Gasteiger partial charge is 0.135 e. The van der Waals surface area contributed by atoms with Crippen LogP contribution in [0.4, 0.5) is 0 Å². The summed E-state index contributed by atoms with van der Waals surface area (Å²) < 4.78 is 17.0. The lowest BCUT2D eigenvalue weighted by Gasteiger charge is -2.06. The number of ether oxygens (including phenoxy) is 2. The van der Waals surface area contributed by atoms with Crippen LogP contribution in [0.2, 0.25) is 0 Å². The maximum absolute atomic E-state index is 5.93. The molecule has 0 amide bonds. The quantitative estimate of drug-likeness (QED) is 0.299. The molecule has 0 aliphatic heterocycles. The van der Waals surface area contributed by atoms with Gasteiger partial charge in [0.25, 0.3) is 0 Å². The summed E-state index contributed by atoms with van der Waals surface area (Å²) in [5, 5.41) is 0.985. The monoisotopic (exact) mass is 422 g/mol. The number of rotatable bonds is 9. The van der Waals surface area contributed by atoms with Gasteiger partial charge in [0.1, 0.15) is 29.5 Å². The minimum atomic E-state index is 0.396. The van der Waals surface area contributed by atoms with E-state index in [0.29, 0.717) is 6.61 Å². The Morgan fingerprint density at radius 3 is 2.32 bits per heavy atom. The van der Waals surface area contributed by atoms with Crippen molar-refractivity contribution in [3.8, 4) is 5.75 Å². The van der Waals surface area contributed by atoms with Crippen molar-refractivity contribution in [2.75, 3.05) is 13.7 Å². The van der Waals surface area contributed by atoms with Crippen molar-refractivity contribution >= 4 is 16.5 Å². The van der Waals surface area contributed by atoms with Gasteiger partial charge in [0, 0.05) is 11.0 Å². The first kappa shape index (κ1) is 27.8. The Labute approximate surface area is 188 Å². The summed E-state index contributed by atoms with van der Waals surface area (Å²) in [6.45, 7) is 20.0. The molecule has 0 spiro atoms. The van der Waals surface area contributed by atoms with Crippen LogP contribution in [0.25, 0.3) is 16.5 Å². The van der Waals surface area contributed by atoms with Gasteiger partial charge in [-0.05, 0) is 55.8 Å². The predicted octanol–water partition coefficient (Wildman–Crippen LogP) is 8.67. The highest BCUT2D eigenvalue weighted by Gasteiger charge is 2.08. The first-order valence-corrected chi connectivity index (χ1v) is 10.8. The summed E-state index contributed by atoms with van der Waals surface area (Å²) >= 11 is 0. The fourth-order valence-corrected chi connectivity index (χ4v) is 2.49. The second-order valence-corrected chi connectivity index (χ2v) is 5.84. The molecule has 1 aromatic carbocycles. The Balaban J connectivity index is 0.00000212. The number of methoxy groups -OCH3 is 1. The Kier molecular flexibility index (Phi) is 14.9. The fourth-order valence-electron chi connectivity index (χ4n) is 2.49. The standard InChI is InChI=1S/C24H26O3.2C2H6/c1-6-9-19(10-7-2)24-16-20-15-22(13-14-23(20)27-24)26-17-18(4)11-12-21(8-3)25-5;2*1-2/h6-16H,1,4,17H2,2-3,5H3;2*1-2H3/b10-7-,12-11-,19-9+,21-8+;;. The van der Waals surface area contributed by atoms with Crippen molar-refractivity contribution in [3.05, 3.63) is 97.0 Å². The second kappa shape index (κ2) is 16.6. The number of benzene rings is 1. The van der Waals surface area contributed by atoms with Gasteiger partial charge in [0.05, 0.1) is 7.11 Å². The summed E-state index contributed by atoms with van der Waals surface area (Å²) in [6, 6.07) is 7.78. The van der Waals surface area contributed by atoms with Crippen LogP contribution in [0.3, 0.4) is 0 Å². The van der Waals surface area contributed by atoms with Gasteiger partial charge in [-0.3, -0.25) is 0 Å². The second-order valence-electron chi connectivity index (χ2n) is 5.84. The third-order valence-electron chi connectivity index (χ3n) is 3.84. The highest BCUT2D eigenvalue weighted by Crippen LogP contribution is 2.28. The van der Waals surface area contributed by atoms with Gasteiger partial charge < -0.3 is 13.9 Å². The molecule has 0 N–H and O–H groups in total. The molecule has 0 aliphatic rings. The molecule has 0 bridgehead atoms. The van der Waals surface area contributed by atoms with E-state index >= 15 is 0 Å². The van der Waals surface area contributed by atoms with E-state index in [1.54, 1.807) is 13.2 Å². The third-order valence-corrected chi connectivity index (χ3v) is 3.84. The minimum absolute atomic E-state index is 0.396. The molecule has 0 saturated carbocycles. The van der Waals surface area contributed by atoms with E-state index in [0.717, 1.165) is 39.4 Å². The summed E-state index contributed by atoms with van der Waals surface area (Å²) in [6.07, 6.45) is 13.3. The van der Waals surface area contributed by atoms with Gasteiger partial charge in [-0.15, -0.1) is 0 Å². The Morgan fingerprint density at radius 2 is 1.74 bits per heavy atom. The average Bonchev–Trinajstić information content (AvgIpc) is 3.24. The van der Waals surface area contributed by atoms with E-state index in [1.807, 2.05) is 102 Å². The summed E-state index contributed by atoms with van der Waals surface area (Å²) in [7, 11) is 1.64. The van der Waals surface area contributed by atoms with E-state index < -0.39 is 0 Å². The number of allylic oxidation sites excluding steroid dienone is 7. The maximum atomic E-state index is 5.93. The largest absolute Gasteiger partial charge is 0.497 e. The molecule has 3 heteroatoms. The van der Waals surface area contributed by atoms with Crippen molar-refractivity contribution in [2.24, 2.45) is 0 Å². The normalized spacial score (nSPS) is 11.6. The van der Waals surface area contributed by atoms with E-state index in [-0.39, 0.29) is 0 Å². The van der Waals surface area contributed by atoms with Gasteiger partial charge >= 0.3 is 0 Å². The summed E-state index contributed by atoms with van der Waals surface area (Å²) in [5.41, 5.74) is 2.64. The van der Waals surface area contributed by atoms with E-state index in [4.69, 9.17) is 13.9 Å². The molecule has 2 aromatic rings. The first-order valence-electron chi connectivity index (χ1n) is 10.8. The SMILES string of the molecule is C=C/C=C(\C=C/C)c1cc2cc(OCC(=C)/C=C\C(=C/C)OC)ccc2o1.CC.CC. The molecule has 0 fully saturated rings. The van der Waals surface area contributed by atoms with Crippen LogP contribution in [0.5, 0.6) is 5.75 Å². The molecule has 31 heavy (non-hydrogen) atoms. The molecule has 0 unspecified atom stereocenters. The minimum Gasteiger partial charge on any atom is -0.497 e. The average molecular weight is 423 g/mol. The zero-order valence-electron chi connectivity index (χ0n) is 20.2. The van der Waals surface area contributed by atoms with Crippen LogP contribution in [-0.2, 0) is 4.74 Å². The van der Waals surface area contributed by atoms with Crippen LogP contribution in [-0.4, -0.2) is 13.7 Å². The maximum Gasteiger partial charge on any atom is 0.135 e. The lowest BCUT2D eigenvalue weighted by atomic mass is 10.1. The van der Waals surface area contributed by atoms with Gasteiger partial charge in [-0.25, -0.2) is 0 Å². The lowest BCUT2D eigenvalue weighted by Crippen LogP contribution is -1.98. The van der Waals surface area contributed by atoms with Gasteiger partial charge in [-0.1, -0.05) is 71.2 Å². The molecule has 1 aromatic heterocycles. The van der Waals surface area contributed by atoms with Crippen molar-refractivity contribution < 1.29 is 13.9 Å². The fraction of sp³-hybridized carbons (Fsp3) is 0.286. The molecule has 3 nitrogen and oxygen atoms in total. The third kappa shape index (κ3) is 9.43. The van der Waals surface area contributed by atoms with E-state index in [1.165, 1.54) is 0 Å². The van der Waals surface area contributed by atoms with Crippen LogP contribution in [0, 0.1) is 0 Å². The van der Waals surface area contributed by atoms with Crippen molar-refractivity contribution in [1.82, 2.24) is 0 Å². The molecule has 0 aliphatic carbocycles. The molecule has 0 saturated heterocycles. The van der Waals surface area contributed by atoms with Crippen LogP contribution in [0.1, 0.15) is 47.3 Å². The van der Waals surface area contributed by atoms with Crippen molar-refractivity contribution in [2.45, 2.75) is 41.5 Å². The first-order chi connectivity index (χ1) is 15.1. The molecular weight excluding hydrogens is 384 g/mol. The highest BCUT2D eigenvalue weighted by atomic mass is 16.5. The molecular formula is C28H38O3. The Morgan fingerprint density at radius 1 is 1.03 bits per heavy atom. The molecule has 0 atom stereocenters. The summed E-state index contributed by atoms with van der Waals surface area (Å²) in [4.78, 5) is 0. The molecule has 2 rings (SSSR count). The number of fused-ring (bicyclic) bond motifs is 1.